The Morgan fingerprint density at radius 2 is 1.15 bits per heavy atom. The van der Waals surface area contributed by atoms with Gasteiger partial charge < -0.3 is 58.1 Å². The van der Waals surface area contributed by atoms with Gasteiger partial charge >= 0.3 is 27.5 Å². The summed E-state index contributed by atoms with van der Waals surface area (Å²) in [6, 6.07) is 19.7. The smallest absolute Gasteiger partial charge is 0.438 e. The van der Waals surface area contributed by atoms with Crippen molar-refractivity contribution < 1.29 is 69.6 Å². The molecule has 7 aromatic rings. The minimum Gasteiger partial charge on any atom is -0.438 e. The Bertz CT molecular complexity index is 3150. The van der Waals surface area contributed by atoms with E-state index in [9.17, 15) is 32.7 Å². The number of methoxy groups -OCH3 is 1. The zero-order valence-corrected chi connectivity index (χ0v) is 40.6. The molecule has 0 spiro atoms. The van der Waals surface area contributed by atoms with E-state index < -0.39 is 70.7 Å². The Kier molecular flexibility index (Phi) is 19.3. The highest BCUT2D eigenvalue weighted by molar-refractivity contribution is 7.53. The van der Waals surface area contributed by atoms with Gasteiger partial charge in [0.25, 0.3) is 11.1 Å². The molecular formula is C43H49FN10O16P2. The maximum atomic E-state index is 13.4. The molecule has 0 aliphatic rings. The number of aromatic amines is 2. The maximum absolute atomic E-state index is 13.4. The molecule has 0 radical (unpaired) electrons. The Hall–Kier alpha value is -7.35. The number of imidazole rings is 2. The number of H-pyrrole nitrogens is 2. The third-order valence-electron chi connectivity index (χ3n) is 9.54. The van der Waals surface area contributed by atoms with Crippen molar-refractivity contribution in [1.29, 1.82) is 0 Å². The number of aryl methyl sites for hydroxylation is 2. The number of aromatic nitrogens is 8. The minimum absolute atomic E-state index is 0.00831. The molecule has 384 valence electrons. The van der Waals surface area contributed by atoms with Gasteiger partial charge in [-0.05, 0) is 49.2 Å². The van der Waals surface area contributed by atoms with Crippen LogP contribution in [0.4, 0.5) is 25.9 Å². The molecule has 0 aliphatic carbocycles. The fourth-order valence-electron chi connectivity index (χ4n) is 5.93. The standard InChI is InChI=1S/C25H28N5O8P.C18H21FN5O8P/c1-17-3-7-19(8-4-17)13-36-39(33,37-15-35-25(32)38-20-9-5-18(2)6-10-20)16-34-12-11-30-14-27-21-22(30)28-24(26)29-23(21)31;1-28-18(26)30-10-32-33(27,31-8-12-3-2-4-13(19)7-12)11-29-6-5-24-9-21-14-15(24)22-17(20)23-16(14)25/h3-10,14H,11-13,15-16H2,1-2H3,(H3,26,28,29,31);2-4,7,9H,5-6,8,10-11H2,1H3,(H3,20,22,23,25). The highest BCUT2D eigenvalue weighted by Gasteiger charge is 2.28. The molecule has 7 rings (SSSR count). The second-order valence-electron chi connectivity index (χ2n) is 15.0. The molecular weight excluding hydrogens is 993 g/mol. The van der Waals surface area contributed by atoms with Gasteiger partial charge in [-0.15, -0.1) is 0 Å². The number of nitrogens with zero attached hydrogens (tertiary/aromatic N) is 6. The van der Waals surface area contributed by atoms with E-state index in [1.54, 1.807) is 34.9 Å². The van der Waals surface area contributed by atoms with E-state index >= 15 is 0 Å². The van der Waals surface area contributed by atoms with Crippen LogP contribution in [0, 0.1) is 19.7 Å². The van der Waals surface area contributed by atoms with Crippen molar-refractivity contribution in [2.75, 3.05) is 58.1 Å². The fourth-order valence-corrected chi connectivity index (χ4v) is 8.20. The topological polar surface area (TPSA) is 340 Å². The van der Waals surface area contributed by atoms with Gasteiger partial charge in [0, 0.05) is 13.1 Å². The molecule has 0 fully saturated rings. The molecule has 29 heteroatoms. The summed E-state index contributed by atoms with van der Waals surface area (Å²) in [5.74, 6) is -0.307. The molecule has 0 aliphatic heterocycles. The van der Waals surface area contributed by atoms with Gasteiger partial charge in [0.1, 0.15) is 24.3 Å². The first-order valence-corrected chi connectivity index (χ1v) is 24.7. The lowest BCUT2D eigenvalue weighted by molar-refractivity contribution is 0.00254. The average molecular weight is 1040 g/mol. The van der Waals surface area contributed by atoms with Crippen LogP contribution in [0.15, 0.2) is 95.0 Å². The number of carbonyl (C=O) groups is 2. The van der Waals surface area contributed by atoms with Gasteiger partial charge in [0.2, 0.25) is 25.5 Å². The summed E-state index contributed by atoms with van der Waals surface area (Å²) in [5, 5.41) is 0. The number of hydrogen-bond acceptors (Lipinski definition) is 22. The van der Waals surface area contributed by atoms with E-state index in [1.165, 1.54) is 35.4 Å². The summed E-state index contributed by atoms with van der Waals surface area (Å²) in [5.41, 5.74) is 14.3. The number of hydrogen-bond donors (Lipinski definition) is 4. The lowest BCUT2D eigenvalue weighted by Gasteiger charge is -2.19. The number of carbonyl (C=O) groups excluding carboxylic acids is 2. The lowest BCUT2D eigenvalue weighted by Crippen LogP contribution is -2.15. The van der Waals surface area contributed by atoms with E-state index in [0.29, 0.717) is 5.56 Å². The van der Waals surface area contributed by atoms with Crippen LogP contribution in [0.5, 0.6) is 5.75 Å². The first kappa shape index (κ1) is 54.0. The van der Waals surface area contributed by atoms with Gasteiger partial charge in [-0.2, -0.15) is 9.97 Å². The first-order chi connectivity index (χ1) is 34.5. The van der Waals surface area contributed by atoms with Gasteiger partial charge in [-0.3, -0.25) is 37.7 Å². The fraction of sp³-hybridized carbons (Fsp3) is 0.302. The monoisotopic (exact) mass is 1040 g/mol. The summed E-state index contributed by atoms with van der Waals surface area (Å²) >= 11 is 0. The predicted octanol–water partition coefficient (Wildman–Crippen LogP) is 5.87. The summed E-state index contributed by atoms with van der Waals surface area (Å²) < 4.78 is 94.1. The SMILES string of the molecule is COC(=O)OCOP(=O)(COCCn1cnc2c(=O)[nH]c(N)nc21)OCc1cccc(F)c1.Cc1ccc(COP(=O)(COCCn2cnc3c(=O)[nH]c(N)nc32)OCOC(=O)Oc2ccc(C)cc2)cc1. The molecule has 0 saturated carbocycles. The molecule has 3 aromatic carbocycles. The molecule has 4 aromatic heterocycles. The molecule has 0 saturated heterocycles. The van der Waals surface area contributed by atoms with Crippen LogP contribution >= 0.6 is 15.2 Å². The van der Waals surface area contributed by atoms with Crippen molar-refractivity contribution >= 4 is 61.7 Å². The quantitative estimate of drug-likeness (QED) is 0.0191. The second-order valence-corrected chi connectivity index (χ2v) is 19.0. The van der Waals surface area contributed by atoms with E-state index in [-0.39, 0.29) is 79.5 Å². The van der Waals surface area contributed by atoms with Crippen LogP contribution in [0.1, 0.15) is 22.3 Å². The van der Waals surface area contributed by atoms with Crippen molar-refractivity contribution in [2.45, 2.75) is 40.2 Å². The number of halogens is 1. The summed E-state index contributed by atoms with van der Waals surface area (Å²) in [4.78, 5) is 67.7. The Balaban J connectivity index is 0.000000239. The van der Waals surface area contributed by atoms with Gasteiger partial charge in [0.15, 0.2) is 22.3 Å². The van der Waals surface area contributed by atoms with E-state index in [2.05, 4.69) is 39.4 Å². The minimum atomic E-state index is -3.93. The number of benzene rings is 3. The second kappa shape index (κ2) is 25.7. The molecule has 0 amide bonds. The number of rotatable bonds is 23. The van der Waals surface area contributed by atoms with Crippen molar-refractivity contribution in [1.82, 2.24) is 39.0 Å². The molecule has 4 heterocycles. The molecule has 26 nitrogen and oxygen atoms in total. The summed E-state index contributed by atoms with van der Waals surface area (Å²) in [6.45, 7) is 2.67. The van der Waals surface area contributed by atoms with Crippen molar-refractivity contribution in [3.05, 3.63) is 134 Å². The molecule has 6 N–H and O–H groups in total. The highest BCUT2D eigenvalue weighted by atomic mass is 31.2. The zero-order valence-electron chi connectivity index (χ0n) is 38.8. The van der Waals surface area contributed by atoms with E-state index in [1.807, 2.05) is 38.1 Å². The van der Waals surface area contributed by atoms with Crippen molar-refractivity contribution in [3.8, 4) is 5.75 Å². The molecule has 2 atom stereocenters. The Labute approximate surface area is 407 Å². The Morgan fingerprint density at radius 1 is 0.667 bits per heavy atom. The Morgan fingerprint density at radius 3 is 1.65 bits per heavy atom. The number of nitrogens with two attached hydrogens (primary N) is 2. The number of fused-ring (bicyclic) bond motifs is 2. The zero-order chi connectivity index (χ0) is 51.7. The number of anilines is 2. The third kappa shape index (κ3) is 16.4. The molecule has 72 heavy (non-hydrogen) atoms. The molecule has 0 bridgehead atoms. The van der Waals surface area contributed by atoms with Gasteiger partial charge in [-0.1, -0.05) is 59.7 Å². The normalized spacial score (nSPS) is 12.9. The summed E-state index contributed by atoms with van der Waals surface area (Å²) in [7, 11) is -6.71. The summed E-state index contributed by atoms with van der Waals surface area (Å²) in [6.07, 6.45) is -0.197. The third-order valence-corrected chi connectivity index (χ3v) is 12.6. The van der Waals surface area contributed by atoms with Crippen LogP contribution in [-0.4, -0.2) is 98.0 Å². The lowest BCUT2D eigenvalue weighted by atomic mass is 10.2. The van der Waals surface area contributed by atoms with Crippen LogP contribution in [0.2, 0.25) is 0 Å². The van der Waals surface area contributed by atoms with Gasteiger partial charge in [0.05, 0.1) is 46.2 Å². The number of nitrogen functional groups attached to an aromatic ring is 2. The van der Waals surface area contributed by atoms with E-state index in [4.69, 9.17) is 48.5 Å². The van der Waals surface area contributed by atoms with Crippen LogP contribution in [0.3, 0.4) is 0 Å². The first-order valence-electron chi connectivity index (χ1n) is 21.3. The largest absolute Gasteiger partial charge is 0.515 e. The van der Waals surface area contributed by atoms with Crippen molar-refractivity contribution in [3.63, 3.8) is 0 Å². The maximum Gasteiger partial charge on any atom is 0.515 e. The van der Waals surface area contributed by atoms with Crippen LogP contribution < -0.4 is 27.3 Å². The molecule has 2 unspecified atom stereocenters. The number of nitrogens with one attached hydrogen (secondary N) is 2. The van der Waals surface area contributed by atoms with E-state index in [0.717, 1.165) is 23.8 Å². The predicted molar refractivity (Wildman–Crippen MR) is 253 cm³/mol. The van der Waals surface area contributed by atoms with Crippen molar-refractivity contribution in [2.24, 2.45) is 0 Å². The average Bonchev–Trinajstić information content (AvgIpc) is 3.96. The van der Waals surface area contributed by atoms with Gasteiger partial charge in [-0.25, -0.2) is 23.9 Å². The highest BCUT2D eigenvalue weighted by Crippen LogP contribution is 2.50. The number of ether oxygens (including phenoxy) is 6. The van der Waals surface area contributed by atoms with Crippen LogP contribution in [-0.2, 0) is 77.2 Å². The van der Waals surface area contributed by atoms with Crippen LogP contribution in [0.25, 0.3) is 22.3 Å².